The molecule has 32 heavy (non-hydrogen) atoms. The van der Waals surface area contributed by atoms with Crippen molar-refractivity contribution in [1.82, 2.24) is 0 Å². The molecule has 0 radical (unpaired) electrons. The lowest BCUT2D eigenvalue weighted by molar-refractivity contribution is -0.173. The second-order valence-electron chi connectivity index (χ2n) is 12.9. The average molecular weight is 467 g/mol. The number of rotatable bonds is 7. The van der Waals surface area contributed by atoms with Crippen LogP contribution in [0.2, 0.25) is 24.7 Å². The molecule has 5 heteroatoms. The molecule has 2 rings (SSSR count). The Kier molecular flexibility index (Phi) is 9.09. The molecule has 6 unspecified atom stereocenters. The van der Waals surface area contributed by atoms with E-state index in [1.807, 2.05) is 0 Å². The minimum atomic E-state index is -2.29. The zero-order valence-electron chi connectivity index (χ0n) is 22.5. The van der Waals surface area contributed by atoms with Crippen LogP contribution in [-0.4, -0.2) is 32.2 Å². The van der Waals surface area contributed by atoms with E-state index in [4.69, 9.17) is 9.47 Å². The minimum absolute atomic E-state index is 0.104. The molecule has 0 aromatic carbocycles. The molecule has 0 N–H and O–H groups in total. The molecule has 186 valence electrons. The third-order valence-corrected chi connectivity index (χ3v) is 12.2. The van der Waals surface area contributed by atoms with Crippen LogP contribution >= 0.6 is 0 Å². The molecule has 2 aliphatic rings. The zero-order chi connectivity index (χ0) is 24.4. The molecule has 0 aromatic rings. The summed E-state index contributed by atoms with van der Waals surface area (Å²) in [5.74, 6) is 2.03. The van der Waals surface area contributed by atoms with Crippen molar-refractivity contribution < 1.29 is 19.1 Å². The van der Waals surface area contributed by atoms with Crippen LogP contribution in [-0.2, 0) is 19.1 Å². The van der Waals surface area contributed by atoms with Crippen LogP contribution in [0.4, 0.5) is 0 Å². The van der Waals surface area contributed by atoms with Crippen LogP contribution in [0.5, 0.6) is 0 Å². The van der Waals surface area contributed by atoms with Crippen molar-refractivity contribution in [2.24, 2.45) is 35.5 Å². The summed E-state index contributed by atoms with van der Waals surface area (Å²) in [6.07, 6.45) is 6.10. The van der Waals surface area contributed by atoms with Gasteiger partial charge in [-0.2, -0.15) is 0 Å². The summed E-state index contributed by atoms with van der Waals surface area (Å²) >= 11 is 0. The van der Waals surface area contributed by atoms with Crippen LogP contribution in [0, 0.1) is 35.5 Å². The van der Waals surface area contributed by atoms with Gasteiger partial charge in [0, 0.05) is 0 Å². The summed E-state index contributed by atoms with van der Waals surface area (Å²) in [6, 6.07) is 0. The minimum Gasteiger partial charge on any atom is -0.461 e. The normalized spacial score (nSPS) is 33.6. The Morgan fingerprint density at radius 3 is 1.38 bits per heavy atom. The van der Waals surface area contributed by atoms with E-state index in [0.717, 1.165) is 25.7 Å². The molecular weight excluding hydrogens is 416 g/mol. The Morgan fingerprint density at radius 1 is 0.750 bits per heavy atom. The summed E-state index contributed by atoms with van der Waals surface area (Å²) < 4.78 is 12.5. The lowest BCUT2D eigenvalue weighted by Crippen LogP contribution is -2.53. The summed E-state index contributed by atoms with van der Waals surface area (Å²) in [7, 11) is -2.29. The van der Waals surface area contributed by atoms with Gasteiger partial charge < -0.3 is 9.47 Å². The van der Waals surface area contributed by atoms with Gasteiger partial charge in [0.15, 0.2) is 5.04 Å². The van der Waals surface area contributed by atoms with E-state index in [-0.39, 0.29) is 24.1 Å². The van der Waals surface area contributed by atoms with E-state index in [9.17, 15) is 9.59 Å². The number of carbonyl (C=O) groups excluding carboxylic acids is 2. The summed E-state index contributed by atoms with van der Waals surface area (Å²) in [5, 5.41) is -1.20. The van der Waals surface area contributed by atoms with Gasteiger partial charge in [0.2, 0.25) is 0 Å². The highest BCUT2D eigenvalue weighted by atomic mass is 28.3. The molecule has 6 atom stereocenters. The second kappa shape index (κ2) is 10.6. The van der Waals surface area contributed by atoms with E-state index in [1.54, 1.807) is 6.92 Å². The number of hydrogen-bond donors (Lipinski definition) is 0. The van der Waals surface area contributed by atoms with Crippen molar-refractivity contribution >= 4 is 20.0 Å². The first-order valence-electron chi connectivity index (χ1n) is 13.1. The fourth-order valence-corrected chi connectivity index (χ4v) is 7.05. The highest BCUT2D eigenvalue weighted by molar-refractivity contribution is 6.85. The molecule has 0 aliphatic heterocycles. The van der Waals surface area contributed by atoms with Crippen molar-refractivity contribution in [2.45, 2.75) is 124 Å². The van der Waals surface area contributed by atoms with Crippen molar-refractivity contribution in [3.05, 3.63) is 0 Å². The van der Waals surface area contributed by atoms with E-state index >= 15 is 0 Å². The van der Waals surface area contributed by atoms with Gasteiger partial charge in [0.05, 0.1) is 8.07 Å². The highest BCUT2D eigenvalue weighted by Crippen LogP contribution is 2.45. The van der Waals surface area contributed by atoms with Gasteiger partial charge in [0.1, 0.15) is 12.2 Å². The first-order valence-corrected chi connectivity index (χ1v) is 16.6. The first-order chi connectivity index (χ1) is 14.7. The van der Waals surface area contributed by atoms with Crippen LogP contribution in [0.3, 0.4) is 0 Å². The molecule has 0 amide bonds. The maximum absolute atomic E-state index is 13.7. The van der Waals surface area contributed by atoms with E-state index in [2.05, 4.69) is 61.2 Å². The predicted molar refractivity (Wildman–Crippen MR) is 134 cm³/mol. The molecule has 0 heterocycles. The second-order valence-corrected chi connectivity index (χ2v) is 18.4. The Balaban J connectivity index is 2.26. The largest absolute Gasteiger partial charge is 0.461 e. The van der Waals surface area contributed by atoms with Crippen molar-refractivity contribution in [1.29, 1.82) is 0 Å². The molecule has 4 nitrogen and oxygen atoms in total. The van der Waals surface area contributed by atoms with Crippen molar-refractivity contribution in [2.75, 3.05) is 0 Å². The Hall–Kier alpha value is -0.843. The highest BCUT2D eigenvalue weighted by Gasteiger charge is 2.56. The van der Waals surface area contributed by atoms with Gasteiger partial charge in [0.25, 0.3) is 0 Å². The number of esters is 2. The molecule has 0 spiro atoms. The lowest BCUT2D eigenvalue weighted by Gasteiger charge is -2.43. The summed E-state index contributed by atoms with van der Waals surface area (Å²) in [5.41, 5.74) is 0. The fourth-order valence-electron chi connectivity index (χ4n) is 5.71. The Morgan fingerprint density at radius 2 is 1.09 bits per heavy atom. The Bertz CT molecular complexity index is 605. The SMILES string of the molecule is CC1CCC(C(C)C)C(OC(=O)C(C)(C(=O)OC2CC(C)CCC2C(C)C)[Si](C)(C)C)C1. The van der Waals surface area contributed by atoms with E-state index in [1.165, 1.54) is 12.8 Å². The van der Waals surface area contributed by atoms with Crippen molar-refractivity contribution in [3.8, 4) is 0 Å². The van der Waals surface area contributed by atoms with E-state index < -0.39 is 13.1 Å². The van der Waals surface area contributed by atoms with Crippen LogP contribution in [0.15, 0.2) is 0 Å². The van der Waals surface area contributed by atoms with Gasteiger partial charge in [-0.25, -0.2) is 0 Å². The maximum Gasteiger partial charge on any atom is 0.320 e. The van der Waals surface area contributed by atoms with Gasteiger partial charge >= 0.3 is 11.9 Å². The number of ether oxygens (including phenoxy) is 2. The molecular formula is C27H50O4Si. The number of hydrogen-bond acceptors (Lipinski definition) is 4. The predicted octanol–water partition coefficient (Wildman–Crippen LogP) is 7.09. The molecule has 2 fully saturated rings. The zero-order valence-corrected chi connectivity index (χ0v) is 23.5. The fraction of sp³-hybridized carbons (Fsp3) is 0.926. The quantitative estimate of drug-likeness (QED) is 0.228. The van der Waals surface area contributed by atoms with Gasteiger partial charge in [-0.15, -0.1) is 0 Å². The molecule has 2 aliphatic carbocycles. The van der Waals surface area contributed by atoms with Gasteiger partial charge in [-0.05, 0) is 68.1 Å². The first kappa shape index (κ1) is 27.4. The Labute approximate surface area is 198 Å². The van der Waals surface area contributed by atoms with Crippen LogP contribution in [0.25, 0.3) is 0 Å². The molecule has 2 saturated carbocycles. The monoisotopic (exact) mass is 466 g/mol. The van der Waals surface area contributed by atoms with Crippen molar-refractivity contribution in [3.63, 3.8) is 0 Å². The topological polar surface area (TPSA) is 52.6 Å². The standard InChI is InChI=1S/C27H50O4Si/c1-17(2)21-13-11-19(5)15-23(21)30-25(28)27(7,32(8,9)10)26(29)31-24-16-20(6)12-14-22(24)18(3)4/h17-24H,11-16H2,1-10H3. The molecule has 0 bridgehead atoms. The lowest BCUT2D eigenvalue weighted by atomic mass is 9.75. The third-order valence-electron chi connectivity index (χ3n) is 8.76. The maximum atomic E-state index is 13.7. The summed E-state index contributed by atoms with van der Waals surface area (Å²) in [6.45, 7) is 21.4. The summed E-state index contributed by atoms with van der Waals surface area (Å²) in [4.78, 5) is 27.5. The molecule has 0 aromatic heterocycles. The van der Waals surface area contributed by atoms with Gasteiger partial charge in [-0.1, -0.05) is 74.0 Å². The van der Waals surface area contributed by atoms with E-state index in [0.29, 0.717) is 35.5 Å². The average Bonchev–Trinajstić information content (AvgIpc) is 2.65. The van der Waals surface area contributed by atoms with Crippen LogP contribution < -0.4 is 0 Å². The smallest absolute Gasteiger partial charge is 0.320 e. The number of carbonyl (C=O) groups is 2. The van der Waals surface area contributed by atoms with Crippen LogP contribution in [0.1, 0.15) is 87.0 Å². The van der Waals surface area contributed by atoms with Gasteiger partial charge in [-0.3, -0.25) is 9.59 Å². The third kappa shape index (κ3) is 5.98. The molecule has 0 saturated heterocycles.